The van der Waals surface area contributed by atoms with Crippen molar-refractivity contribution in [2.75, 3.05) is 26.7 Å². The van der Waals surface area contributed by atoms with E-state index in [4.69, 9.17) is 4.74 Å². The lowest BCUT2D eigenvalue weighted by Crippen LogP contribution is -2.46. The van der Waals surface area contributed by atoms with Gasteiger partial charge in [-0.15, -0.1) is 0 Å². The van der Waals surface area contributed by atoms with Crippen molar-refractivity contribution in [2.24, 2.45) is 0 Å². The van der Waals surface area contributed by atoms with Gasteiger partial charge in [0.1, 0.15) is 0 Å². The number of amides is 1. The summed E-state index contributed by atoms with van der Waals surface area (Å²) in [6.45, 7) is 4.64. The van der Waals surface area contributed by atoms with Crippen LogP contribution < -0.4 is 10.1 Å². The number of ether oxygens (including phenoxy) is 1. The maximum absolute atomic E-state index is 12.8. The van der Waals surface area contributed by atoms with E-state index in [-0.39, 0.29) is 17.7 Å². The summed E-state index contributed by atoms with van der Waals surface area (Å²) in [5, 5.41) is 13.5. The van der Waals surface area contributed by atoms with Crippen molar-refractivity contribution in [1.29, 1.82) is 0 Å². The Bertz CT molecular complexity index is 484. The fourth-order valence-corrected chi connectivity index (χ4v) is 2.82. The first-order chi connectivity index (χ1) is 10.2. The molecule has 0 aromatic heterocycles. The van der Waals surface area contributed by atoms with Gasteiger partial charge in [-0.2, -0.15) is 0 Å². The molecule has 1 amide bonds. The molecule has 5 heteroatoms. The Morgan fingerprint density at radius 2 is 2.14 bits per heavy atom. The zero-order valence-electron chi connectivity index (χ0n) is 12.8. The van der Waals surface area contributed by atoms with Crippen LogP contribution in [0.5, 0.6) is 11.5 Å². The van der Waals surface area contributed by atoms with Crippen LogP contribution in [-0.2, 0) is 0 Å². The fraction of sp³-hybridized carbons (Fsp3) is 0.562. The van der Waals surface area contributed by atoms with Gasteiger partial charge in [0.15, 0.2) is 11.5 Å². The maximum atomic E-state index is 12.8. The molecule has 0 aliphatic carbocycles. The quantitative estimate of drug-likeness (QED) is 0.871. The van der Waals surface area contributed by atoms with E-state index >= 15 is 0 Å². The average Bonchev–Trinajstić information content (AvgIpc) is 2.53. The molecule has 116 valence electrons. The number of methoxy groups -OCH3 is 1. The number of piperidine rings is 1. The van der Waals surface area contributed by atoms with Crippen molar-refractivity contribution in [1.82, 2.24) is 10.2 Å². The van der Waals surface area contributed by atoms with Crippen LogP contribution in [0.4, 0.5) is 0 Å². The summed E-state index contributed by atoms with van der Waals surface area (Å²) in [6, 6.07) is 5.28. The predicted octanol–water partition coefficient (Wildman–Crippen LogP) is 2.00. The second kappa shape index (κ2) is 7.31. The Balaban J connectivity index is 2.25. The molecular weight excluding hydrogens is 268 g/mol. The summed E-state index contributed by atoms with van der Waals surface area (Å²) < 4.78 is 5.09. The Labute approximate surface area is 125 Å². The van der Waals surface area contributed by atoms with Crippen molar-refractivity contribution in [3.63, 3.8) is 0 Å². The van der Waals surface area contributed by atoms with Crippen molar-refractivity contribution < 1.29 is 14.6 Å². The molecule has 0 bridgehead atoms. The van der Waals surface area contributed by atoms with E-state index in [9.17, 15) is 9.90 Å². The van der Waals surface area contributed by atoms with Gasteiger partial charge < -0.3 is 20.1 Å². The molecule has 1 aromatic carbocycles. The smallest absolute Gasteiger partial charge is 0.258 e. The lowest BCUT2D eigenvalue weighted by Gasteiger charge is -2.34. The molecule has 1 fully saturated rings. The van der Waals surface area contributed by atoms with Crippen LogP contribution in [0.3, 0.4) is 0 Å². The van der Waals surface area contributed by atoms with E-state index in [0.29, 0.717) is 17.9 Å². The summed E-state index contributed by atoms with van der Waals surface area (Å²) in [4.78, 5) is 14.7. The number of nitrogens with zero attached hydrogens (tertiary/aromatic N) is 1. The number of phenolic OH excluding ortho intramolecular Hbond substituents is 1. The van der Waals surface area contributed by atoms with Crippen LogP contribution in [-0.4, -0.2) is 48.7 Å². The lowest BCUT2D eigenvalue weighted by atomic mass is 10.0. The third-order valence-electron chi connectivity index (χ3n) is 3.92. The Kier molecular flexibility index (Phi) is 5.44. The van der Waals surface area contributed by atoms with E-state index in [1.807, 2.05) is 4.90 Å². The summed E-state index contributed by atoms with van der Waals surface area (Å²) in [5.41, 5.74) is 0.321. The minimum Gasteiger partial charge on any atom is -0.504 e. The number of nitrogens with one attached hydrogen (secondary N) is 1. The highest BCUT2D eigenvalue weighted by molar-refractivity contribution is 5.97. The second-order valence-electron chi connectivity index (χ2n) is 5.34. The molecule has 1 aliphatic heterocycles. The van der Waals surface area contributed by atoms with Crippen LogP contribution >= 0.6 is 0 Å². The average molecular weight is 292 g/mol. The van der Waals surface area contributed by atoms with Gasteiger partial charge in [-0.05, 0) is 44.5 Å². The lowest BCUT2D eigenvalue weighted by molar-refractivity contribution is 0.0639. The standard InChI is InChI=1S/C16H24N2O3/c1-3-11-18(12-7-9-17-10-8-12)16(20)13-5-4-6-14(21-2)15(13)19/h4-6,12,17,19H,3,7-11H2,1-2H3. The number of phenols is 1. The summed E-state index contributed by atoms with van der Waals surface area (Å²) >= 11 is 0. The zero-order valence-corrected chi connectivity index (χ0v) is 12.8. The van der Waals surface area contributed by atoms with E-state index in [2.05, 4.69) is 12.2 Å². The predicted molar refractivity (Wildman–Crippen MR) is 81.9 cm³/mol. The number of carbonyl (C=O) groups is 1. The van der Waals surface area contributed by atoms with E-state index in [0.717, 1.165) is 32.4 Å². The third-order valence-corrected chi connectivity index (χ3v) is 3.92. The van der Waals surface area contributed by atoms with Crippen LogP contribution in [0.2, 0.25) is 0 Å². The molecule has 1 heterocycles. The highest BCUT2D eigenvalue weighted by Crippen LogP contribution is 2.31. The fourth-order valence-electron chi connectivity index (χ4n) is 2.82. The van der Waals surface area contributed by atoms with Crippen molar-refractivity contribution in [2.45, 2.75) is 32.2 Å². The SMILES string of the molecule is CCCN(C(=O)c1cccc(OC)c1O)C1CCNCC1. The van der Waals surface area contributed by atoms with Gasteiger partial charge in [-0.1, -0.05) is 13.0 Å². The Hall–Kier alpha value is -1.75. The molecule has 0 spiro atoms. The zero-order chi connectivity index (χ0) is 15.2. The van der Waals surface area contributed by atoms with E-state index in [1.54, 1.807) is 18.2 Å². The van der Waals surface area contributed by atoms with E-state index < -0.39 is 0 Å². The van der Waals surface area contributed by atoms with Crippen molar-refractivity contribution in [3.8, 4) is 11.5 Å². The number of rotatable bonds is 5. The number of aromatic hydroxyl groups is 1. The number of carbonyl (C=O) groups excluding carboxylic acids is 1. The highest BCUT2D eigenvalue weighted by Gasteiger charge is 2.27. The van der Waals surface area contributed by atoms with Crippen molar-refractivity contribution >= 4 is 5.91 Å². The molecule has 2 rings (SSSR count). The van der Waals surface area contributed by atoms with E-state index in [1.165, 1.54) is 7.11 Å². The molecule has 0 unspecified atom stereocenters. The summed E-state index contributed by atoms with van der Waals surface area (Å²) in [5.74, 6) is 0.155. The molecule has 1 aromatic rings. The molecule has 21 heavy (non-hydrogen) atoms. The number of hydrogen-bond donors (Lipinski definition) is 2. The largest absolute Gasteiger partial charge is 0.504 e. The van der Waals surface area contributed by atoms with Crippen LogP contribution in [0.25, 0.3) is 0 Å². The second-order valence-corrected chi connectivity index (χ2v) is 5.34. The van der Waals surface area contributed by atoms with Gasteiger partial charge in [-0.25, -0.2) is 0 Å². The third kappa shape index (κ3) is 3.47. The molecule has 5 nitrogen and oxygen atoms in total. The normalized spacial score (nSPS) is 15.7. The first-order valence-corrected chi connectivity index (χ1v) is 7.56. The van der Waals surface area contributed by atoms with Gasteiger partial charge in [0, 0.05) is 12.6 Å². The number of hydrogen-bond acceptors (Lipinski definition) is 4. The van der Waals surface area contributed by atoms with Gasteiger partial charge in [0.05, 0.1) is 12.7 Å². The molecule has 1 aliphatic rings. The molecule has 1 saturated heterocycles. The highest BCUT2D eigenvalue weighted by atomic mass is 16.5. The Morgan fingerprint density at radius 1 is 1.43 bits per heavy atom. The monoisotopic (exact) mass is 292 g/mol. The van der Waals surface area contributed by atoms with Gasteiger partial charge in [0.2, 0.25) is 0 Å². The molecule has 0 saturated carbocycles. The van der Waals surface area contributed by atoms with Crippen LogP contribution in [0.1, 0.15) is 36.5 Å². The molecule has 0 atom stereocenters. The minimum atomic E-state index is -0.111. The van der Waals surface area contributed by atoms with Crippen LogP contribution in [0, 0.1) is 0 Å². The maximum Gasteiger partial charge on any atom is 0.258 e. The van der Waals surface area contributed by atoms with Gasteiger partial charge in [-0.3, -0.25) is 4.79 Å². The minimum absolute atomic E-state index is 0.0694. The number of benzene rings is 1. The molecular formula is C16H24N2O3. The first-order valence-electron chi connectivity index (χ1n) is 7.56. The number of para-hydroxylation sites is 1. The molecule has 2 N–H and O–H groups in total. The first kappa shape index (κ1) is 15.6. The van der Waals surface area contributed by atoms with Crippen molar-refractivity contribution in [3.05, 3.63) is 23.8 Å². The Morgan fingerprint density at radius 3 is 2.76 bits per heavy atom. The summed E-state index contributed by atoms with van der Waals surface area (Å²) in [7, 11) is 1.49. The summed E-state index contributed by atoms with van der Waals surface area (Å²) in [6.07, 6.45) is 2.81. The van der Waals surface area contributed by atoms with Crippen LogP contribution in [0.15, 0.2) is 18.2 Å². The molecule has 0 radical (unpaired) electrons. The topological polar surface area (TPSA) is 61.8 Å². The van der Waals surface area contributed by atoms with Gasteiger partial charge in [0.25, 0.3) is 5.91 Å². The van der Waals surface area contributed by atoms with Gasteiger partial charge >= 0.3 is 0 Å².